The Morgan fingerprint density at radius 3 is 2.39 bits per heavy atom. The first-order chi connectivity index (χ1) is 13.3. The number of anilines is 1. The number of rotatable bonds is 5. The number of carbonyl (C=O) groups is 2. The second-order valence-electron chi connectivity index (χ2n) is 5.78. The topological polar surface area (TPSA) is 68.5 Å². The number of alkyl halides is 3. The van der Waals surface area contributed by atoms with Crippen LogP contribution < -0.4 is 5.32 Å². The van der Waals surface area contributed by atoms with E-state index in [9.17, 15) is 22.8 Å². The molecule has 5 nitrogen and oxygen atoms in total. The third-order valence-corrected chi connectivity index (χ3v) is 3.78. The van der Waals surface area contributed by atoms with E-state index in [0.29, 0.717) is 5.56 Å². The van der Waals surface area contributed by atoms with E-state index in [-0.39, 0.29) is 11.3 Å². The molecular weight excluding hydrogens is 375 g/mol. The fraction of sp³-hybridized carbons (Fsp3) is 0.100. The molecule has 0 radical (unpaired) electrons. The average Bonchev–Trinajstić information content (AvgIpc) is 3.21. The van der Waals surface area contributed by atoms with Gasteiger partial charge in [-0.25, -0.2) is 4.79 Å². The summed E-state index contributed by atoms with van der Waals surface area (Å²) in [5.74, 6) is -1.59. The van der Waals surface area contributed by atoms with Crippen LogP contribution in [0, 0.1) is 0 Å². The molecule has 1 aromatic heterocycles. The highest BCUT2D eigenvalue weighted by atomic mass is 19.4. The van der Waals surface area contributed by atoms with Crippen LogP contribution >= 0.6 is 0 Å². The second kappa shape index (κ2) is 7.99. The maximum atomic E-state index is 12.9. The van der Waals surface area contributed by atoms with Gasteiger partial charge in [0.25, 0.3) is 5.91 Å². The van der Waals surface area contributed by atoms with Crippen LogP contribution in [0.25, 0.3) is 0 Å². The van der Waals surface area contributed by atoms with E-state index in [1.165, 1.54) is 24.5 Å². The van der Waals surface area contributed by atoms with Crippen molar-refractivity contribution in [3.63, 3.8) is 0 Å². The van der Waals surface area contributed by atoms with Crippen LogP contribution in [0.15, 0.2) is 77.6 Å². The number of benzene rings is 2. The maximum absolute atomic E-state index is 12.9. The van der Waals surface area contributed by atoms with Crippen LogP contribution in [0.5, 0.6) is 0 Å². The van der Waals surface area contributed by atoms with Gasteiger partial charge in [0.05, 0.1) is 17.4 Å². The number of nitrogens with one attached hydrogen (secondary N) is 1. The van der Waals surface area contributed by atoms with Crippen molar-refractivity contribution in [3.8, 4) is 0 Å². The van der Waals surface area contributed by atoms with E-state index < -0.39 is 29.7 Å². The van der Waals surface area contributed by atoms with Gasteiger partial charge >= 0.3 is 12.1 Å². The smallest absolute Gasteiger partial charge is 0.416 e. The van der Waals surface area contributed by atoms with E-state index in [1.54, 1.807) is 30.3 Å². The lowest BCUT2D eigenvalue weighted by atomic mass is 10.1. The van der Waals surface area contributed by atoms with Crippen molar-refractivity contribution in [3.05, 3.63) is 89.9 Å². The lowest BCUT2D eigenvalue weighted by molar-refractivity contribution is -0.137. The molecule has 2 aromatic carbocycles. The molecule has 0 spiro atoms. The summed E-state index contributed by atoms with van der Waals surface area (Å²) >= 11 is 0. The van der Waals surface area contributed by atoms with Gasteiger partial charge in [0, 0.05) is 11.3 Å². The Morgan fingerprint density at radius 2 is 1.75 bits per heavy atom. The third-order valence-electron chi connectivity index (χ3n) is 3.78. The lowest BCUT2D eigenvalue weighted by Crippen LogP contribution is -2.26. The van der Waals surface area contributed by atoms with Crippen LogP contribution in [-0.4, -0.2) is 11.9 Å². The SMILES string of the molecule is O=C(OC(C(=O)Nc1cccc(C(F)(F)F)c1)c1ccccc1)c1ccoc1. The fourth-order valence-electron chi connectivity index (χ4n) is 2.44. The highest BCUT2D eigenvalue weighted by molar-refractivity contribution is 5.98. The Bertz CT molecular complexity index is 953. The predicted molar refractivity (Wildman–Crippen MR) is 93.4 cm³/mol. The molecule has 8 heteroatoms. The van der Waals surface area contributed by atoms with Crippen molar-refractivity contribution in [2.24, 2.45) is 0 Å². The highest BCUT2D eigenvalue weighted by Crippen LogP contribution is 2.31. The van der Waals surface area contributed by atoms with Crippen molar-refractivity contribution in [2.45, 2.75) is 12.3 Å². The second-order valence-corrected chi connectivity index (χ2v) is 5.78. The highest BCUT2D eigenvalue weighted by Gasteiger charge is 2.31. The Kier molecular flexibility index (Phi) is 5.49. The average molecular weight is 389 g/mol. The molecule has 3 rings (SSSR count). The van der Waals surface area contributed by atoms with Gasteiger partial charge in [-0.05, 0) is 24.3 Å². The van der Waals surface area contributed by atoms with Gasteiger partial charge in [-0.15, -0.1) is 0 Å². The molecule has 1 N–H and O–H groups in total. The van der Waals surface area contributed by atoms with Crippen molar-refractivity contribution in [1.82, 2.24) is 0 Å². The summed E-state index contributed by atoms with van der Waals surface area (Å²) in [6.07, 6.45) is -3.47. The third kappa shape index (κ3) is 4.59. The number of ether oxygens (including phenoxy) is 1. The van der Waals surface area contributed by atoms with Gasteiger partial charge in [0.15, 0.2) is 0 Å². The first-order valence-corrected chi connectivity index (χ1v) is 8.11. The monoisotopic (exact) mass is 389 g/mol. The van der Waals surface area contributed by atoms with Gasteiger partial charge in [-0.1, -0.05) is 36.4 Å². The summed E-state index contributed by atoms with van der Waals surface area (Å²) < 4.78 is 48.7. The van der Waals surface area contributed by atoms with Crippen LogP contribution in [0.2, 0.25) is 0 Å². The van der Waals surface area contributed by atoms with E-state index in [1.807, 2.05) is 0 Å². The Labute approximate surface area is 157 Å². The molecule has 0 aliphatic heterocycles. The normalized spacial score (nSPS) is 12.2. The number of halogens is 3. The number of amides is 1. The molecule has 1 unspecified atom stereocenters. The molecule has 0 aliphatic rings. The van der Waals surface area contributed by atoms with Crippen LogP contribution in [0.3, 0.4) is 0 Å². The zero-order valence-electron chi connectivity index (χ0n) is 14.3. The number of hydrogen-bond donors (Lipinski definition) is 1. The summed E-state index contributed by atoms with van der Waals surface area (Å²) in [6.45, 7) is 0. The molecule has 0 fully saturated rings. The summed E-state index contributed by atoms with van der Waals surface area (Å²) in [5.41, 5.74) is -0.506. The van der Waals surface area contributed by atoms with E-state index in [2.05, 4.69) is 5.32 Å². The standard InChI is InChI=1S/C20H14F3NO4/c21-20(22,23)15-7-4-8-16(11-15)24-18(25)17(13-5-2-1-3-6-13)28-19(26)14-9-10-27-12-14/h1-12,17H,(H,24,25). The molecule has 28 heavy (non-hydrogen) atoms. The molecule has 0 bridgehead atoms. The van der Waals surface area contributed by atoms with Crippen LogP contribution in [0.1, 0.15) is 27.6 Å². The minimum Gasteiger partial charge on any atom is -0.472 e. The molecule has 1 heterocycles. The summed E-state index contributed by atoms with van der Waals surface area (Å²) in [6, 6.07) is 13.7. The van der Waals surface area contributed by atoms with Crippen molar-refractivity contribution in [2.75, 3.05) is 5.32 Å². The molecule has 0 saturated heterocycles. The zero-order chi connectivity index (χ0) is 20.1. The maximum Gasteiger partial charge on any atom is 0.416 e. The van der Waals surface area contributed by atoms with Gasteiger partial charge in [-0.2, -0.15) is 13.2 Å². The summed E-state index contributed by atoms with van der Waals surface area (Å²) in [7, 11) is 0. The van der Waals surface area contributed by atoms with E-state index in [0.717, 1.165) is 18.4 Å². The van der Waals surface area contributed by atoms with Gasteiger partial charge < -0.3 is 14.5 Å². The molecule has 144 valence electrons. The minimum absolute atomic E-state index is 0.0693. The van der Waals surface area contributed by atoms with Gasteiger partial charge in [0.2, 0.25) is 6.10 Å². The predicted octanol–water partition coefficient (Wildman–Crippen LogP) is 4.84. The number of carbonyl (C=O) groups excluding carboxylic acids is 2. The minimum atomic E-state index is -4.55. The van der Waals surface area contributed by atoms with Crippen LogP contribution in [0.4, 0.5) is 18.9 Å². The fourth-order valence-corrected chi connectivity index (χ4v) is 2.44. The quantitative estimate of drug-likeness (QED) is 0.635. The van der Waals surface area contributed by atoms with E-state index in [4.69, 9.17) is 9.15 Å². The van der Waals surface area contributed by atoms with Crippen molar-refractivity contribution >= 4 is 17.6 Å². The number of hydrogen-bond acceptors (Lipinski definition) is 4. The first-order valence-electron chi connectivity index (χ1n) is 8.11. The molecule has 0 saturated carbocycles. The van der Waals surface area contributed by atoms with Crippen molar-refractivity contribution in [1.29, 1.82) is 0 Å². The number of esters is 1. The Balaban J connectivity index is 1.84. The molecular formula is C20H14F3NO4. The van der Waals surface area contributed by atoms with E-state index >= 15 is 0 Å². The summed E-state index contributed by atoms with van der Waals surface area (Å²) in [5, 5.41) is 2.36. The molecule has 3 aromatic rings. The largest absolute Gasteiger partial charge is 0.472 e. The Morgan fingerprint density at radius 1 is 1.00 bits per heavy atom. The molecule has 1 amide bonds. The summed E-state index contributed by atoms with van der Waals surface area (Å²) in [4.78, 5) is 24.9. The van der Waals surface area contributed by atoms with Crippen molar-refractivity contribution < 1.29 is 31.9 Å². The first kappa shape index (κ1) is 19.2. The Hall–Kier alpha value is -3.55. The molecule has 1 atom stereocenters. The lowest BCUT2D eigenvalue weighted by Gasteiger charge is -2.18. The van der Waals surface area contributed by atoms with Gasteiger partial charge in [0.1, 0.15) is 6.26 Å². The zero-order valence-corrected chi connectivity index (χ0v) is 14.3. The van der Waals surface area contributed by atoms with Crippen LogP contribution in [-0.2, 0) is 15.7 Å². The van der Waals surface area contributed by atoms with Gasteiger partial charge in [-0.3, -0.25) is 4.79 Å². The number of furan rings is 1. The molecule has 0 aliphatic carbocycles.